The van der Waals surface area contributed by atoms with Gasteiger partial charge in [-0.3, -0.25) is 0 Å². The molecule has 0 aliphatic carbocycles. The lowest BCUT2D eigenvalue weighted by molar-refractivity contribution is 0.282. The maximum absolute atomic E-state index is 9.55. The predicted molar refractivity (Wildman–Crippen MR) is 103 cm³/mol. The number of hydrogen-bond acceptors (Lipinski definition) is 1. The van der Waals surface area contributed by atoms with Crippen molar-refractivity contribution in [3.05, 3.63) is 81.8 Å². The Kier molecular flexibility index (Phi) is 3.91. The van der Waals surface area contributed by atoms with Gasteiger partial charge in [0.1, 0.15) is 0 Å². The summed E-state index contributed by atoms with van der Waals surface area (Å²) in [5, 5.41) is 12.0. The van der Waals surface area contributed by atoms with Gasteiger partial charge in [-0.05, 0) is 47.9 Å². The van der Waals surface area contributed by atoms with Gasteiger partial charge in [0.2, 0.25) is 0 Å². The second kappa shape index (κ2) is 6.08. The fraction of sp³-hybridized carbons (Fsp3) is 0.143. The zero-order valence-electron chi connectivity index (χ0n) is 13.5. The molecule has 2 nitrogen and oxygen atoms in total. The van der Waals surface area contributed by atoms with E-state index >= 15 is 0 Å². The van der Waals surface area contributed by atoms with Crippen LogP contribution >= 0.6 is 15.9 Å². The molecule has 0 aliphatic heterocycles. The summed E-state index contributed by atoms with van der Waals surface area (Å²) >= 11 is 3.50. The quantitative estimate of drug-likeness (QED) is 0.505. The van der Waals surface area contributed by atoms with Crippen LogP contribution in [-0.2, 0) is 13.2 Å². The molecule has 1 N–H and O–H groups in total. The Morgan fingerprint density at radius 1 is 0.917 bits per heavy atom. The molecule has 1 heterocycles. The molecule has 0 saturated heterocycles. The van der Waals surface area contributed by atoms with Crippen molar-refractivity contribution in [3.8, 4) is 0 Å². The highest BCUT2D eigenvalue weighted by atomic mass is 79.9. The summed E-state index contributed by atoms with van der Waals surface area (Å²) in [6.45, 7) is 3.03. The van der Waals surface area contributed by atoms with E-state index in [1.807, 2.05) is 0 Å². The van der Waals surface area contributed by atoms with E-state index in [0.29, 0.717) is 0 Å². The van der Waals surface area contributed by atoms with Crippen LogP contribution in [0.4, 0.5) is 0 Å². The summed E-state index contributed by atoms with van der Waals surface area (Å²) in [5.74, 6) is 0. The SMILES string of the molecule is Cc1cc(CO)cc2c3ccccc3n(Cc3ccc(Br)cc3)c12. The Labute approximate surface area is 149 Å². The number of para-hydroxylation sites is 1. The molecule has 0 radical (unpaired) electrons. The highest BCUT2D eigenvalue weighted by Crippen LogP contribution is 2.33. The van der Waals surface area contributed by atoms with Crippen molar-refractivity contribution in [2.45, 2.75) is 20.1 Å². The fourth-order valence-corrected chi connectivity index (χ4v) is 3.77. The molecular formula is C21H18BrNO. The number of rotatable bonds is 3. The van der Waals surface area contributed by atoms with E-state index in [2.05, 4.69) is 88.1 Å². The first-order chi connectivity index (χ1) is 11.7. The van der Waals surface area contributed by atoms with Crippen LogP contribution in [0.1, 0.15) is 16.7 Å². The second-order valence-electron chi connectivity index (χ2n) is 6.20. The summed E-state index contributed by atoms with van der Waals surface area (Å²) in [6.07, 6.45) is 0. The fourth-order valence-electron chi connectivity index (χ4n) is 3.50. The molecule has 3 aromatic carbocycles. The highest BCUT2D eigenvalue weighted by Gasteiger charge is 2.13. The average Bonchev–Trinajstić information content (AvgIpc) is 2.91. The van der Waals surface area contributed by atoms with Crippen molar-refractivity contribution in [1.82, 2.24) is 4.57 Å². The molecule has 0 saturated carbocycles. The summed E-state index contributed by atoms with van der Waals surface area (Å²) in [7, 11) is 0. The minimum atomic E-state index is 0.0724. The predicted octanol–water partition coefficient (Wildman–Crippen LogP) is 5.41. The van der Waals surface area contributed by atoms with Crippen molar-refractivity contribution in [1.29, 1.82) is 0 Å². The van der Waals surface area contributed by atoms with Crippen LogP contribution in [-0.4, -0.2) is 9.67 Å². The Morgan fingerprint density at radius 2 is 1.67 bits per heavy atom. The van der Waals surface area contributed by atoms with Gasteiger partial charge in [-0.1, -0.05) is 52.3 Å². The molecule has 0 amide bonds. The molecule has 0 spiro atoms. The van der Waals surface area contributed by atoms with Gasteiger partial charge in [-0.15, -0.1) is 0 Å². The standard InChI is InChI=1S/C21H18BrNO/c1-14-10-16(13-24)11-19-18-4-2-3-5-20(18)23(21(14)19)12-15-6-8-17(22)9-7-15/h2-11,24H,12-13H2,1H3. The molecule has 4 rings (SSSR count). The van der Waals surface area contributed by atoms with Crippen molar-refractivity contribution in [3.63, 3.8) is 0 Å². The van der Waals surface area contributed by atoms with Crippen molar-refractivity contribution < 1.29 is 5.11 Å². The zero-order chi connectivity index (χ0) is 16.7. The summed E-state index contributed by atoms with van der Waals surface area (Å²) in [4.78, 5) is 0. The third kappa shape index (κ3) is 2.54. The number of aliphatic hydroxyl groups is 1. The van der Waals surface area contributed by atoms with Gasteiger partial charge >= 0.3 is 0 Å². The van der Waals surface area contributed by atoms with E-state index in [9.17, 15) is 5.11 Å². The lowest BCUT2D eigenvalue weighted by atomic mass is 10.1. The van der Waals surface area contributed by atoms with Gasteiger partial charge < -0.3 is 9.67 Å². The van der Waals surface area contributed by atoms with Gasteiger partial charge in [-0.25, -0.2) is 0 Å². The Bertz CT molecular complexity index is 1030. The monoisotopic (exact) mass is 379 g/mol. The number of aliphatic hydroxyl groups excluding tert-OH is 1. The van der Waals surface area contributed by atoms with Crippen LogP contribution in [0.3, 0.4) is 0 Å². The number of nitrogens with zero attached hydrogens (tertiary/aromatic N) is 1. The first-order valence-corrected chi connectivity index (χ1v) is 8.82. The van der Waals surface area contributed by atoms with Crippen LogP contribution in [0.5, 0.6) is 0 Å². The van der Waals surface area contributed by atoms with E-state index in [4.69, 9.17) is 0 Å². The Balaban J connectivity index is 2.00. The third-order valence-electron chi connectivity index (χ3n) is 4.55. The van der Waals surface area contributed by atoms with Crippen molar-refractivity contribution >= 4 is 37.7 Å². The lowest BCUT2D eigenvalue weighted by Gasteiger charge is -2.10. The number of halogens is 1. The molecule has 3 heteroatoms. The number of fused-ring (bicyclic) bond motifs is 3. The number of hydrogen-bond donors (Lipinski definition) is 1. The van der Waals surface area contributed by atoms with E-state index in [0.717, 1.165) is 16.6 Å². The van der Waals surface area contributed by atoms with E-state index in [1.54, 1.807) is 0 Å². The Hall–Kier alpha value is -2.10. The first-order valence-electron chi connectivity index (χ1n) is 8.03. The average molecular weight is 380 g/mol. The van der Waals surface area contributed by atoms with Gasteiger partial charge in [0.25, 0.3) is 0 Å². The van der Waals surface area contributed by atoms with Gasteiger partial charge in [0.15, 0.2) is 0 Å². The topological polar surface area (TPSA) is 25.2 Å². The zero-order valence-corrected chi connectivity index (χ0v) is 15.0. The molecule has 0 atom stereocenters. The van der Waals surface area contributed by atoms with Gasteiger partial charge in [-0.2, -0.15) is 0 Å². The van der Waals surface area contributed by atoms with E-state index < -0.39 is 0 Å². The highest BCUT2D eigenvalue weighted by molar-refractivity contribution is 9.10. The van der Waals surface area contributed by atoms with Crippen LogP contribution in [0.25, 0.3) is 21.8 Å². The van der Waals surface area contributed by atoms with Gasteiger partial charge in [0, 0.05) is 27.3 Å². The van der Waals surface area contributed by atoms with E-state index in [1.165, 1.54) is 32.9 Å². The van der Waals surface area contributed by atoms with E-state index in [-0.39, 0.29) is 6.61 Å². The molecule has 1 aromatic heterocycles. The largest absolute Gasteiger partial charge is 0.392 e. The number of aromatic nitrogens is 1. The number of aryl methyl sites for hydroxylation is 1. The van der Waals surface area contributed by atoms with Crippen LogP contribution in [0.15, 0.2) is 65.1 Å². The molecule has 0 aliphatic rings. The van der Waals surface area contributed by atoms with Crippen LogP contribution in [0.2, 0.25) is 0 Å². The first kappa shape index (κ1) is 15.4. The van der Waals surface area contributed by atoms with Crippen LogP contribution in [0, 0.1) is 6.92 Å². The molecule has 0 bridgehead atoms. The summed E-state index contributed by atoms with van der Waals surface area (Å²) in [6, 6.07) is 21.2. The molecule has 24 heavy (non-hydrogen) atoms. The van der Waals surface area contributed by atoms with Crippen LogP contribution < -0.4 is 0 Å². The Morgan fingerprint density at radius 3 is 2.42 bits per heavy atom. The maximum Gasteiger partial charge on any atom is 0.0682 e. The minimum Gasteiger partial charge on any atom is -0.392 e. The van der Waals surface area contributed by atoms with Gasteiger partial charge in [0.05, 0.1) is 12.1 Å². The molecule has 4 aromatic rings. The molecule has 120 valence electrons. The summed E-state index contributed by atoms with van der Waals surface area (Å²) < 4.78 is 3.47. The third-order valence-corrected chi connectivity index (χ3v) is 5.08. The second-order valence-corrected chi connectivity index (χ2v) is 7.11. The maximum atomic E-state index is 9.55. The molecule has 0 fully saturated rings. The summed E-state index contributed by atoms with van der Waals surface area (Å²) in [5.41, 5.74) is 5.91. The molecule has 0 unspecified atom stereocenters. The molecular weight excluding hydrogens is 362 g/mol. The van der Waals surface area contributed by atoms with Crippen molar-refractivity contribution in [2.24, 2.45) is 0 Å². The number of benzene rings is 3. The minimum absolute atomic E-state index is 0.0724. The smallest absolute Gasteiger partial charge is 0.0682 e. The normalized spacial score (nSPS) is 11.5. The lowest BCUT2D eigenvalue weighted by Crippen LogP contribution is -2.00. The van der Waals surface area contributed by atoms with Crippen molar-refractivity contribution in [2.75, 3.05) is 0 Å².